The minimum atomic E-state index is -0.367. The van der Waals surface area contributed by atoms with E-state index in [9.17, 15) is 4.79 Å². The topological polar surface area (TPSA) is 75.4 Å². The molecule has 84 valence electrons. The zero-order chi connectivity index (χ0) is 11.5. The number of nitrogens with zero attached hydrogens (tertiary/aromatic N) is 1. The fourth-order valence-corrected chi connectivity index (χ4v) is 1.84. The van der Waals surface area contributed by atoms with Crippen molar-refractivity contribution >= 4 is 22.4 Å². The van der Waals surface area contributed by atoms with Gasteiger partial charge in [0, 0.05) is 5.38 Å². The maximum absolute atomic E-state index is 11.6. The summed E-state index contributed by atoms with van der Waals surface area (Å²) in [6.45, 7) is 1.63. The second-order valence-corrected chi connectivity index (χ2v) is 4.03. The van der Waals surface area contributed by atoms with E-state index in [0.29, 0.717) is 10.9 Å². The number of carbonyl (C=O) groups is 1. The molecule has 0 aliphatic carbocycles. The summed E-state index contributed by atoms with van der Waals surface area (Å²) >= 11 is 1.35. The molecule has 0 spiro atoms. The molecule has 2 aromatic heterocycles. The Morgan fingerprint density at radius 1 is 1.62 bits per heavy atom. The van der Waals surface area contributed by atoms with Crippen LogP contribution in [0.2, 0.25) is 0 Å². The maximum Gasteiger partial charge on any atom is 0.293 e. The number of carbonyl (C=O) groups excluding carboxylic acids is 1. The molecule has 16 heavy (non-hydrogen) atoms. The third-order valence-electron chi connectivity index (χ3n) is 1.88. The van der Waals surface area contributed by atoms with Gasteiger partial charge in [0.05, 0.1) is 5.69 Å². The van der Waals surface area contributed by atoms with E-state index in [-0.39, 0.29) is 18.3 Å². The molecule has 0 radical (unpaired) electrons. The molecule has 6 heteroatoms. The minimum Gasteiger partial charge on any atom is -0.453 e. The molecular weight excluding hydrogens is 228 g/mol. The highest BCUT2D eigenvalue weighted by molar-refractivity contribution is 7.13. The SMILES string of the molecule is Cc1csc(NC(=O)c2ccc(CO)o2)n1. The summed E-state index contributed by atoms with van der Waals surface area (Å²) in [7, 11) is 0. The van der Waals surface area contributed by atoms with Crippen molar-refractivity contribution in [2.45, 2.75) is 13.5 Å². The van der Waals surface area contributed by atoms with Gasteiger partial charge in [-0.05, 0) is 19.1 Å². The Bertz CT molecular complexity index is 504. The smallest absolute Gasteiger partial charge is 0.293 e. The van der Waals surface area contributed by atoms with E-state index in [2.05, 4.69) is 10.3 Å². The quantitative estimate of drug-likeness (QED) is 0.854. The second-order valence-electron chi connectivity index (χ2n) is 3.17. The predicted octanol–water partition coefficient (Wildman–Crippen LogP) is 1.79. The van der Waals surface area contributed by atoms with Crippen molar-refractivity contribution in [3.63, 3.8) is 0 Å². The van der Waals surface area contributed by atoms with Crippen molar-refractivity contribution in [1.82, 2.24) is 4.98 Å². The lowest BCUT2D eigenvalue weighted by atomic mass is 10.4. The molecule has 0 aliphatic heterocycles. The lowest BCUT2D eigenvalue weighted by Crippen LogP contribution is -2.10. The lowest BCUT2D eigenvalue weighted by molar-refractivity contribution is 0.0992. The highest BCUT2D eigenvalue weighted by Crippen LogP contribution is 2.16. The Hall–Kier alpha value is -1.66. The van der Waals surface area contributed by atoms with Gasteiger partial charge in [-0.1, -0.05) is 0 Å². The number of anilines is 1. The number of aliphatic hydroxyl groups is 1. The van der Waals surface area contributed by atoms with Gasteiger partial charge in [-0.25, -0.2) is 4.98 Å². The molecule has 1 amide bonds. The van der Waals surface area contributed by atoms with Crippen LogP contribution in [0.25, 0.3) is 0 Å². The van der Waals surface area contributed by atoms with Gasteiger partial charge in [-0.3, -0.25) is 10.1 Å². The zero-order valence-electron chi connectivity index (χ0n) is 8.56. The van der Waals surface area contributed by atoms with Crippen molar-refractivity contribution in [1.29, 1.82) is 0 Å². The Kier molecular flexibility index (Phi) is 3.02. The Morgan fingerprint density at radius 3 is 3.00 bits per heavy atom. The van der Waals surface area contributed by atoms with Crippen LogP contribution in [0.4, 0.5) is 5.13 Å². The summed E-state index contributed by atoms with van der Waals surface area (Å²) in [5, 5.41) is 13.8. The lowest BCUT2D eigenvalue weighted by Gasteiger charge is -1.97. The van der Waals surface area contributed by atoms with Gasteiger partial charge < -0.3 is 9.52 Å². The fourth-order valence-electron chi connectivity index (χ4n) is 1.16. The first-order valence-corrected chi connectivity index (χ1v) is 5.50. The van der Waals surface area contributed by atoms with Gasteiger partial charge in [-0.2, -0.15) is 0 Å². The second kappa shape index (κ2) is 4.46. The van der Waals surface area contributed by atoms with Crippen molar-refractivity contribution < 1.29 is 14.3 Å². The molecule has 2 aromatic rings. The first-order chi connectivity index (χ1) is 7.69. The molecule has 0 saturated carbocycles. The van der Waals surface area contributed by atoms with Crippen molar-refractivity contribution in [2.24, 2.45) is 0 Å². The summed E-state index contributed by atoms with van der Waals surface area (Å²) < 4.78 is 5.09. The standard InChI is InChI=1S/C10H10N2O3S/c1-6-5-16-10(11-6)12-9(14)8-3-2-7(4-13)15-8/h2-3,5,13H,4H2,1H3,(H,11,12,14). The van der Waals surface area contributed by atoms with Crippen molar-refractivity contribution in [3.8, 4) is 0 Å². The Morgan fingerprint density at radius 2 is 2.44 bits per heavy atom. The van der Waals surface area contributed by atoms with Crippen LogP contribution in [0.3, 0.4) is 0 Å². The number of aromatic nitrogens is 1. The number of nitrogens with one attached hydrogen (secondary N) is 1. The molecule has 0 saturated heterocycles. The number of furan rings is 1. The van der Waals surface area contributed by atoms with Crippen LogP contribution in [0.5, 0.6) is 0 Å². The van der Waals surface area contributed by atoms with E-state index in [1.165, 1.54) is 17.4 Å². The molecule has 0 aromatic carbocycles. The number of hydrogen-bond donors (Lipinski definition) is 2. The van der Waals surface area contributed by atoms with Gasteiger partial charge in [0.1, 0.15) is 12.4 Å². The Balaban J connectivity index is 2.08. The van der Waals surface area contributed by atoms with Gasteiger partial charge in [0.2, 0.25) is 0 Å². The Labute approximate surface area is 95.7 Å². The molecule has 0 unspecified atom stereocenters. The monoisotopic (exact) mass is 238 g/mol. The first-order valence-electron chi connectivity index (χ1n) is 4.62. The molecule has 2 heterocycles. The maximum atomic E-state index is 11.6. The average Bonchev–Trinajstić information content (AvgIpc) is 2.87. The summed E-state index contributed by atoms with van der Waals surface area (Å²) in [4.78, 5) is 15.7. The summed E-state index contributed by atoms with van der Waals surface area (Å²) in [6, 6.07) is 3.07. The van der Waals surface area contributed by atoms with E-state index in [1.807, 2.05) is 12.3 Å². The van der Waals surface area contributed by atoms with Crippen molar-refractivity contribution in [2.75, 3.05) is 5.32 Å². The average molecular weight is 238 g/mol. The summed E-state index contributed by atoms with van der Waals surface area (Å²) in [5.41, 5.74) is 0.857. The van der Waals surface area contributed by atoms with E-state index < -0.39 is 0 Å². The number of aryl methyl sites for hydroxylation is 1. The van der Waals surface area contributed by atoms with Crippen LogP contribution in [0.1, 0.15) is 22.0 Å². The molecular formula is C10H10N2O3S. The zero-order valence-corrected chi connectivity index (χ0v) is 9.37. The minimum absolute atomic E-state index is 0.164. The third kappa shape index (κ3) is 2.29. The van der Waals surface area contributed by atoms with Crippen LogP contribution < -0.4 is 5.32 Å². The summed E-state index contributed by atoms with van der Waals surface area (Å²) in [6.07, 6.45) is 0. The van der Waals surface area contributed by atoms with Crippen LogP contribution in [0, 0.1) is 6.92 Å². The molecule has 0 atom stereocenters. The molecule has 2 N–H and O–H groups in total. The van der Waals surface area contributed by atoms with Gasteiger partial charge in [0.25, 0.3) is 5.91 Å². The largest absolute Gasteiger partial charge is 0.453 e. The van der Waals surface area contributed by atoms with Gasteiger partial charge in [-0.15, -0.1) is 11.3 Å². The van der Waals surface area contributed by atoms with Crippen molar-refractivity contribution in [3.05, 3.63) is 34.7 Å². The van der Waals surface area contributed by atoms with Crippen LogP contribution in [-0.4, -0.2) is 16.0 Å². The number of rotatable bonds is 3. The molecule has 0 bridgehead atoms. The van der Waals surface area contributed by atoms with Gasteiger partial charge >= 0.3 is 0 Å². The summed E-state index contributed by atoms with van der Waals surface area (Å²) in [5.74, 6) is 0.159. The van der Waals surface area contributed by atoms with E-state index in [0.717, 1.165) is 5.69 Å². The number of thiazole rings is 1. The number of aliphatic hydroxyl groups excluding tert-OH is 1. The van der Waals surface area contributed by atoms with Crippen LogP contribution >= 0.6 is 11.3 Å². The number of amides is 1. The van der Waals surface area contributed by atoms with Crippen LogP contribution in [0.15, 0.2) is 21.9 Å². The fraction of sp³-hybridized carbons (Fsp3) is 0.200. The highest BCUT2D eigenvalue weighted by atomic mass is 32.1. The predicted molar refractivity (Wildman–Crippen MR) is 59.4 cm³/mol. The molecule has 2 rings (SSSR count). The van der Waals surface area contributed by atoms with E-state index in [1.54, 1.807) is 6.07 Å². The van der Waals surface area contributed by atoms with Crippen LogP contribution in [-0.2, 0) is 6.61 Å². The molecule has 5 nitrogen and oxygen atoms in total. The van der Waals surface area contributed by atoms with E-state index >= 15 is 0 Å². The molecule has 0 fully saturated rings. The third-order valence-corrected chi connectivity index (χ3v) is 2.76. The van der Waals surface area contributed by atoms with Gasteiger partial charge in [0.15, 0.2) is 10.9 Å². The molecule has 0 aliphatic rings. The van der Waals surface area contributed by atoms with E-state index in [4.69, 9.17) is 9.52 Å². The normalized spacial score (nSPS) is 10.4. The number of hydrogen-bond acceptors (Lipinski definition) is 5. The first kappa shape index (κ1) is 10.8. The highest BCUT2D eigenvalue weighted by Gasteiger charge is 2.12.